The first-order valence-corrected chi connectivity index (χ1v) is 10.1. The van der Waals surface area contributed by atoms with Crippen LogP contribution in [0.1, 0.15) is 18.4 Å². The summed E-state index contributed by atoms with van der Waals surface area (Å²) in [5, 5.41) is 3.58. The molecule has 2 saturated heterocycles. The number of halogens is 1. The first-order chi connectivity index (χ1) is 13.6. The van der Waals surface area contributed by atoms with Crippen LogP contribution in [0.15, 0.2) is 54.6 Å². The SMILES string of the molecule is O=C(CN1C[C@H](OCc2ccccc2)[C@]2(CCCO2)C1)Nc1ccc(Cl)cc1. The predicted molar refractivity (Wildman–Crippen MR) is 109 cm³/mol. The maximum atomic E-state index is 12.5. The zero-order valence-electron chi connectivity index (χ0n) is 15.8. The number of amides is 1. The van der Waals surface area contributed by atoms with E-state index in [1.165, 1.54) is 0 Å². The molecule has 2 aliphatic rings. The average molecular weight is 401 g/mol. The second-order valence-corrected chi connectivity index (χ2v) is 7.96. The molecule has 1 amide bonds. The van der Waals surface area contributed by atoms with Crippen LogP contribution in [0.4, 0.5) is 5.69 Å². The number of likely N-dealkylation sites (tertiary alicyclic amines) is 1. The summed E-state index contributed by atoms with van der Waals surface area (Å²) >= 11 is 5.90. The minimum absolute atomic E-state index is 0.0291. The van der Waals surface area contributed by atoms with Crippen molar-refractivity contribution < 1.29 is 14.3 Å². The topological polar surface area (TPSA) is 50.8 Å². The van der Waals surface area contributed by atoms with Gasteiger partial charge in [-0.25, -0.2) is 0 Å². The molecule has 148 valence electrons. The lowest BCUT2D eigenvalue weighted by Crippen LogP contribution is -2.42. The zero-order chi connectivity index (χ0) is 19.4. The zero-order valence-corrected chi connectivity index (χ0v) is 16.5. The van der Waals surface area contributed by atoms with Gasteiger partial charge in [0.15, 0.2) is 0 Å². The van der Waals surface area contributed by atoms with E-state index in [0.717, 1.165) is 37.2 Å². The average Bonchev–Trinajstić information content (AvgIpc) is 3.30. The number of nitrogens with zero attached hydrogens (tertiary/aromatic N) is 1. The Morgan fingerprint density at radius 3 is 2.71 bits per heavy atom. The van der Waals surface area contributed by atoms with Crippen molar-refractivity contribution in [3.63, 3.8) is 0 Å². The van der Waals surface area contributed by atoms with E-state index in [1.54, 1.807) is 24.3 Å². The number of nitrogens with one attached hydrogen (secondary N) is 1. The summed E-state index contributed by atoms with van der Waals surface area (Å²) in [7, 11) is 0. The van der Waals surface area contributed by atoms with Gasteiger partial charge < -0.3 is 14.8 Å². The van der Waals surface area contributed by atoms with E-state index in [-0.39, 0.29) is 17.6 Å². The third-order valence-corrected chi connectivity index (χ3v) is 5.68. The molecule has 0 aromatic heterocycles. The van der Waals surface area contributed by atoms with Gasteiger partial charge in [0, 0.05) is 30.4 Å². The lowest BCUT2D eigenvalue weighted by molar-refractivity contribution is -0.117. The molecule has 2 aromatic carbocycles. The molecule has 0 radical (unpaired) electrons. The summed E-state index contributed by atoms with van der Waals surface area (Å²) in [6, 6.07) is 17.3. The normalized spacial score (nSPS) is 24.7. The van der Waals surface area contributed by atoms with Crippen LogP contribution in [-0.2, 0) is 20.9 Å². The number of rotatable bonds is 6. The highest BCUT2D eigenvalue weighted by molar-refractivity contribution is 6.30. The molecule has 0 saturated carbocycles. The molecule has 1 N–H and O–H groups in total. The Morgan fingerprint density at radius 2 is 2.00 bits per heavy atom. The summed E-state index contributed by atoms with van der Waals surface area (Å²) in [4.78, 5) is 14.6. The summed E-state index contributed by atoms with van der Waals surface area (Å²) in [6.07, 6.45) is 1.98. The van der Waals surface area contributed by atoms with Gasteiger partial charge in [0.2, 0.25) is 5.91 Å². The van der Waals surface area contributed by atoms with Gasteiger partial charge in [-0.3, -0.25) is 9.69 Å². The highest BCUT2D eigenvalue weighted by atomic mass is 35.5. The fourth-order valence-corrected chi connectivity index (χ4v) is 4.20. The molecule has 2 atom stereocenters. The van der Waals surface area contributed by atoms with Gasteiger partial charge in [-0.1, -0.05) is 41.9 Å². The molecule has 2 heterocycles. The van der Waals surface area contributed by atoms with Crippen LogP contribution in [0.2, 0.25) is 5.02 Å². The van der Waals surface area contributed by atoms with E-state index in [9.17, 15) is 4.79 Å². The van der Waals surface area contributed by atoms with Gasteiger partial charge >= 0.3 is 0 Å². The molecule has 1 spiro atoms. The molecule has 0 bridgehead atoms. The Labute approximate surface area is 170 Å². The second kappa shape index (κ2) is 8.62. The molecule has 5 nitrogen and oxygen atoms in total. The molecular formula is C22H25ClN2O3. The Kier molecular flexibility index (Phi) is 5.97. The number of benzene rings is 2. The lowest BCUT2D eigenvalue weighted by Gasteiger charge is -2.29. The van der Waals surface area contributed by atoms with Crippen LogP contribution in [0.25, 0.3) is 0 Å². The van der Waals surface area contributed by atoms with E-state index in [0.29, 0.717) is 24.7 Å². The molecule has 4 rings (SSSR count). The molecule has 0 unspecified atom stereocenters. The minimum Gasteiger partial charge on any atom is -0.371 e. The van der Waals surface area contributed by atoms with Crippen molar-refractivity contribution in [1.29, 1.82) is 0 Å². The van der Waals surface area contributed by atoms with E-state index >= 15 is 0 Å². The largest absolute Gasteiger partial charge is 0.371 e. The first-order valence-electron chi connectivity index (χ1n) is 9.70. The van der Waals surface area contributed by atoms with Gasteiger partial charge in [-0.2, -0.15) is 0 Å². The van der Waals surface area contributed by atoms with E-state index < -0.39 is 0 Å². The van der Waals surface area contributed by atoms with Crippen LogP contribution in [0.3, 0.4) is 0 Å². The van der Waals surface area contributed by atoms with Crippen LogP contribution in [-0.4, -0.2) is 48.8 Å². The summed E-state index contributed by atoms with van der Waals surface area (Å²) < 4.78 is 12.4. The Hall–Kier alpha value is -1.92. The number of carbonyl (C=O) groups excluding carboxylic acids is 1. The number of ether oxygens (including phenoxy) is 2. The number of carbonyl (C=O) groups is 1. The molecule has 2 fully saturated rings. The highest BCUT2D eigenvalue weighted by Crippen LogP contribution is 2.37. The summed E-state index contributed by atoms with van der Waals surface area (Å²) in [6.45, 7) is 3.05. The fourth-order valence-electron chi connectivity index (χ4n) is 4.08. The van der Waals surface area contributed by atoms with Gasteiger partial charge in [0.05, 0.1) is 13.2 Å². The van der Waals surface area contributed by atoms with E-state index in [1.807, 2.05) is 18.2 Å². The maximum Gasteiger partial charge on any atom is 0.238 e. The number of hydrogen-bond donors (Lipinski definition) is 1. The predicted octanol–water partition coefficient (Wildman–Crippen LogP) is 3.73. The fraction of sp³-hybridized carbons (Fsp3) is 0.409. The van der Waals surface area contributed by atoms with E-state index in [2.05, 4.69) is 22.3 Å². The van der Waals surface area contributed by atoms with Crippen molar-refractivity contribution in [3.8, 4) is 0 Å². The van der Waals surface area contributed by atoms with Crippen molar-refractivity contribution in [2.24, 2.45) is 0 Å². The quantitative estimate of drug-likeness (QED) is 0.802. The van der Waals surface area contributed by atoms with Crippen LogP contribution in [0.5, 0.6) is 0 Å². The van der Waals surface area contributed by atoms with Crippen molar-refractivity contribution in [2.75, 3.05) is 31.6 Å². The standard InChI is InChI=1S/C22H25ClN2O3/c23-18-7-9-19(10-8-18)24-21(26)14-25-13-20(22(16-25)11-4-12-28-22)27-15-17-5-2-1-3-6-17/h1-3,5-10,20H,4,11-16H2,(H,24,26)/t20-,22-/m0/s1. The summed E-state index contributed by atoms with van der Waals surface area (Å²) in [5.41, 5.74) is 1.60. The number of anilines is 1. The van der Waals surface area contributed by atoms with Crippen molar-refractivity contribution in [2.45, 2.75) is 31.2 Å². The molecule has 2 aliphatic heterocycles. The first kappa shape index (κ1) is 19.4. The lowest BCUT2D eigenvalue weighted by atomic mass is 9.96. The Morgan fingerprint density at radius 1 is 1.21 bits per heavy atom. The van der Waals surface area contributed by atoms with Gasteiger partial charge in [0.25, 0.3) is 0 Å². The molecular weight excluding hydrogens is 376 g/mol. The Bertz CT molecular complexity index is 791. The second-order valence-electron chi connectivity index (χ2n) is 7.53. The van der Waals surface area contributed by atoms with Gasteiger partial charge in [-0.05, 0) is 42.7 Å². The van der Waals surface area contributed by atoms with Crippen LogP contribution < -0.4 is 5.32 Å². The third-order valence-electron chi connectivity index (χ3n) is 5.43. The maximum absolute atomic E-state index is 12.5. The van der Waals surface area contributed by atoms with Crippen molar-refractivity contribution >= 4 is 23.2 Å². The van der Waals surface area contributed by atoms with Gasteiger partial charge in [0.1, 0.15) is 11.7 Å². The summed E-state index contributed by atoms with van der Waals surface area (Å²) in [5.74, 6) is -0.0424. The third kappa shape index (κ3) is 4.55. The van der Waals surface area contributed by atoms with Gasteiger partial charge in [-0.15, -0.1) is 0 Å². The highest BCUT2D eigenvalue weighted by Gasteiger charge is 2.50. The smallest absolute Gasteiger partial charge is 0.238 e. The Balaban J connectivity index is 1.36. The molecule has 0 aliphatic carbocycles. The molecule has 2 aromatic rings. The number of hydrogen-bond acceptors (Lipinski definition) is 4. The monoisotopic (exact) mass is 400 g/mol. The van der Waals surface area contributed by atoms with Crippen molar-refractivity contribution in [3.05, 3.63) is 65.2 Å². The van der Waals surface area contributed by atoms with Crippen LogP contribution >= 0.6 is 11.6 Å². The van der Waals surface area contributed by atoms with E-state index in [4.69, 9.17) is 21.1 Å². The molecule has 28 heavy (non-hydrogen) atoms. The molecule has 6 heteroatoms. The van der Waals surface area contributed by atoms with Crippen molar-refractivity contribution in [1.82, 2.24) is 4.90 Å². The minimum atomic E-state index is -0.296. The van der Waals surface area contributed by atoms with Crippen LogP contribution in [0, 0.1) is 0 Å².